The molecule has 1 heterocycles. The van der Waals surface area contributed by atoms with E-state index in [1.165, 1.54) is 22.8 Å². The first-order chi connectivity index (χ1) is 15.7. The van der Waals surface area contributed by atoms with Gasteiger partial charge in [0.25, 0.3) is 16.9 Å². The minimum absolute atomic E-state index is 0.0329. The van der Waals surface area contributed by atoms with Crippen molar-refractivity contribution < 1.29 is 9.85 Å². The number of rotatable bonds is 5. The van der Waals surface area contributed by atoms with Crippen molar-refractivity contribution in [2.75, 3.05) is 0 Å². The normalized spacial score (nSPS) is 11.2. The first-order valence-corrected chi connectivity index (χ1v) is 10.7. The molecular weight excluding hydrogens is 539 g/mol. The Bertz CT molecular complexity index is 1510. The number of benzene rings is 3. The van der Waals surface area contributed by atoms with E-state index in [2.05, 4.69) is 27.6 Å². The molecule has 4 aromatic rings. The Morgan fingerprint density at radius 2 is 1.67 bits per heavy atom. The van der Waals surface area contributed by atoms with E-state index in [0.717, 1.165) is 3.57 Å². The van der Waals surface area contributed by atoms with Crippen LogP contribution in [0.25, 0.3) is 28.7 Å². The van der Waals surface area contributed by atoms with Gasteiger partial charge < -0.3 is 0 Å². The van der Waals surface area contributed by atoms with Gasteiger partial charge in [0, 0.05) is 27.3 Å². The van der Waals surface area contributed by atoms with E-state index in [9.17, 15) is 25.0 Å². The zero-order valence-electron chi connectivity index (χ0n) is 17.1. The first kappa shape index (κ1) is 22.3. The monoisotopic (exact) mass is 554 g/mol. The lowest BCUT2D eigenvalue weighted by molar-refractivity contribution is -0.385. The summed E-state index contributed by atoms with van der Waals surface area (Å²) in [7, 11) is 0. The molecule has 0 atom stereocenters. The third-order valence-corrected chi connectivity index (χ3v) is 5.70. The lowest BCUT2D eigenvalue weighted by atomic mass is 10.1. The average molecular weight is 554 g/mol. The van der Waals surface area contributed by atoms with Gasteiger partial charge in [0.2, 0.25) is 0 Å². The van der Waals surface area contributed by atoms with Gasteiger partial charge in [0.1, 0.15) is 5.82 Å². The molecule has 0 saturated carbocycles. The lowest BCUT2D eigenvalue weighted by Gasteiger charge is -2.12. The van der Waals surface area contributed by atoms with Gasteiger partial charge in [-0.1, -0.05) is 12.1 Å². The molecule has 1 aromatic heterocycles. The van der Waals surface area contributed by atoms with Gasteiger partial charge in [-0.3, -0.25) is 29.6 Å². The van der Waals surface area contributed by atoms with Crippen LogP contribution in [-0.4, -0.2) is 19.4 Å². The van der Waals surface area contributed by atoms with E-state index in [4.69, 9.17) is 0 Å². The second-order valence-corrected chi connectivity index (χ2v) is 8.43. The first-order valence-electron chi connectivity index (χ1n) is 9.65. The molecule has 0 radical (unpaired) electrons. The minimum atomic E-state index is -0.492. The molecule has 0 amide bonds. The molecule has 0 N–H and O–H groups in total. The lowest BCUT2D eigenvalue weighted by Crippen LogP contribution is -2.22. The summed E-state index contributed by atoms with van der Waals surface area (Å²) in [5.41, 5.74) is 1.44. The second-order valence-electron chi connectivity index (χ2n) is 7.18. The van der Waals surface area contributed by atoms with Crippen molar-refractivity contribution in [3.8, 4) is 5.69 Å². The molecule has 164 valence electrons. The molecule has 3 aromatic carbocycles. The number of nitrogens with zero attached hydrogens (tertiary/aromatic N) is 4. The second kappa shape index (κ2) is 8.90. The third kappa shape index (κ3) is 4.51. The van der Waals surface area contributed by atoms with Crippen LogP contribution in [-0.2, 0) is 0 Å². The smallest absolute Gasteiger partial charge is 0.268 e. The highest BCUT2D eigenvalue weighted by atomic mass is 127. The predicted molar refractivity (Wildman–Crippen MR) is 133 cm³/mol. The molecule has 9 nitrogen and oxygen atoms in total. The maximum Gasteiger partial charge on any atom is 0.274 e. The van der Waals surface area contributed by atoms with E-state index < -0.39 is 9.85 Å². The molecule has 0 saturated heterocycles. The topological polar surface area (TPSA) is 121 Å². The standard InChI is InChI=1S/C23H15IN4O5/c1-14-2-7-18(13-21(14)28(32)33)26-22(11-5-15-3-8-17(9-4-15)27(30)31)25-20-10-6-16(24)12-19(20)23(26)29/h2-13H,1H3. The number of non-ortho nitro benzene ring substituents is 1. The van der Waals surface area contributed by atoms with Crippen LogP contribution in [0.5, 0.6) is 0 Å². The van der Waals surface area contributed by atoms with Gasteiger partial charge in [-0.25, -0.2) is 4.98 Å². The van der Waals surface area contributed by atoms with Crippen molar-refractivity contribution in [1.29, 1.82) is 0 Å². The molecule has 0 fully saturated rings. The summed E-state index contributed by atoms with van der Waals surface area (Å²) >= 11 is 2.10. The van der Waals surface area contributed by atoms with E-state index >= 15 is 0 Å². The summed E-state index contributed by atoms with van der Waals surface area (Å²) in [6, 6.07) is 15.8. The van der Waals surface area contributed by atoms with Gasteiger partial charge in [-0.15, -0.1) is 0 Å². The number of fused-ring (bicyclic) bond motifs is 1. The Morgan fingerprint density at radius 3 is 2.33 bits per heavy atom. The van der Waals surface area contributed by atoms with Crippen LogP contribution >= 0.6 is 22.6 Å². The summed E-state index contributed by atoms with van der Waals surface area (Å²) < 4.78 is 2.18. The van der Waals surface area contributed by atoms with Gasteiger partial charge >= 0.3 is 0 Å². The quantitative estimate of drug-likeness (QED) is 0.188. The third-order valence-electron chi connectivity index (χ3n) is 5.03. The van der Waals surface area contributed by atoms with Crippen molar-refractivity contribution in [3.05, 3.63) is 112 Å². The highest BCUT2D eigenvalue weighted by molar-refractivity contribution is 14.1. The van der Waals surface area contributed by atoms with Crippen LogP contribution in [0.1, 0.15) is 17.0 Å². The van der Waals surface area contributed by atoms with Crippen molar-refractivity contribution in [2.45, 2.75) is 6.92 Å². The van der Waals surface area contributed by atoms with E-state index in [-0.39, 0.29) is 22.8 Å². The highest BCUT2D eigenvalue weighted by Gasteiger charge is 2.16. The summed E-state index contributed by atoms with van der Waals surface area (Å²) in [6.45, 7) is 1.63. The van der Waals surface area contributed by atoms with E-state index in [1.807, 2.05) is 6.07 Å². The molecule has 0 aliphatic carbocycles. The zero-order chi connectivity index (χ0) is 23.7. The fourth-order valence-electron chi connectivity index (χ4n) is 3.35. The van der Waals surface area contributed by atoms with Crippen LogP contribution in [0, 0.1) is 30.7 Å². The number of hydrogen-bond donors (Lipinski definition) is 0. The number of aryl methyl sites for hydroxylation is 1. The molecular formula is C23H15IN4O5. The number of halogens is 1. The van der Waals surface area contributed by atoms with E-state index in [0.29, 0.717) is 27.7 Å². The molecule has 0 aliphatic rings. The number of aromatic nitrogens is 2. The fraction of sp³-hybridized carbons (Fsp3) is 0.0435. The Kier molecular flexibility index (Phi) is 6.01. The molecule has 0 aliphatic heterocycles. The van der Waals surface area contributed by atoms with Crippen LogP contribution in [0.4, 0.5) is 11.4 Å². The Labute approximate surface area is 200 Å². The Balaban J connectivity index is 1.92. The van der Waals surface area contributed by atoms with Gasteiger partial charge in [0.05, 0.1) is 26.4 Å². The van der Waals surface area contributed by atoms with Crippen LogP contribution in [0.15, 0.2) is 65.5 Å². The largest absolute Gasteiger partial charge is 0.274 e. The fourth-order valence-corrected chi connectivity index (χ4v) is 3.84. The summed E-state index contributed by atoms with van der Waals surface area (Å²) in [6.07, 6.45) is 3.27. The molecule has 0 spiro atoms. The average Bonchev–Trinajstić information content (AvgIpc) is 2.79. The van der Waals surface area contributed by atoms with Gasteiger partial charge in [-0.05, 0) is 77.6 Å². The minimum Gasteiger partial charge on any atom is -0.268 e. The van der Waals surface area contributed by atoms with Crippen LogP contribution < -0.4 is 5.56 Å². The summed E-state index contributed by atoms with van der Waals surface area (Å²) in [5, 5.41) is 22.7. The molecule has 4 rings (SSSR count). The van der Waals surface area contributed by atoms with Crippen molar-refractivity contribution >= 4 is 57.0 Å². The van der Waals surface area contributed by atoms with Gasteiger partial charge in [-0.2, -0.15) is 0 Å². The van der Waals surface area contributed by atoms with Crippen molar-refractivity contribution in [3.63, 3.8) is 0 Å². The highest BCUT2D eigenvalue weighted by Crippen LogP contribution is 2.24. The number of nitro benzene ring substituents is 2. The molecule has 0 bridgehead atoms. The maximum atomic E-state index is 13.4. The SMILES string of the molecule is Cc1ccc(-n2c(C=Cc3ccc([N+](=O)[O-])cc3)nc3ccc(I)cc3c2=O)cc1[N+](=O)[O-]. The van der Waals surface area contributed by atoms with E-state index in [1.54, 1.807) is 55.5 Å². The zero-order valence-corrected chi connectivity index (χ0v) is 19.3. The summed E-state index contributed by atoms with van der Waals surface area (Å²) in [4.78, 5) is 39.4. The number of nitro groups is 2. The molecule has 10 heteroatoms. The Hall–Kier alpha value is -3.93. The van der Waals surface area contributed by atoms with Gasteiger partial charge in [0.15, 0.2) is 0 Å². The van der Waals surface area contributed by atoms with Crippen molar-refractivity contribution in [2.24, 2.45) is 0 Å². The Morgan fingerprint density at radius 1 is 0.939 bits per heavy atom. The summed E-state index contributed by atoms with van der Waals surface area (Å²) in [5.74, 6) is 0.269. The number of hydrogen-bond acceptors (Lipinski definition) is 6. The molecule has 33 heavy (non-hydrogen) atoms. The van der Waals surface area contributed by atoms with Crippen LogP contribution in [0.3, 0.4) is 0 Å². The predicted octanol–water partition coefficient (Wildman–Crippen LogP) is 5.29. The molecule has 0 unspecified atom stereocenters. The van der Waals surface area contributed by atoms with Crippen molar-refractivity contribution in [1.82, 2.24) is 9.55 Å². The van der Waals surface area contributed by atoms with Crippen LogP contribution in [0.2, 0.25) is 0 Å². The maximum absolute atomic E-state index is 13.4.